The number of benzene rings is 2. The fourth-order valence-electron chi connectivity index (χ4n) is 3.21. The minimum atomic E-state index is -0.296. The zero-order valence-corrected chi connectivity index (χ0v) is 18.5. The van der Waals surface area contributed by atoms with Crippen LogP contribution in [0.2, 0.25) is 0 Å². The van der Waals surface area contributed by atoms with E-state index in [-0.39, 0.29) is 30.2 Å². The molecule has 1 unspecified atom stereocenters. The van der Waals surface area contributed by atoms with Crippen molar-refractivity contribution in [1.29, 1.82) is 0 Å². The maximum absolute atomic E-state index is 13.5. The maximum atomic E-state index is 13.5. The summed E-state index contributed by atoms with van der Waals surface area (Å²) in [6.07, 6.45) is 0. The van der Waals surface area contributed by atoms with Gasteiger partial charge >= 0.3 is 0 Å². The molecule has 8 nitrogen and oxygen atoms in total. The highest BCUT2D eigenvalue weighted by atomic mass is 19.1. The quantitative estimate of drug-likeness (QED) is 0.547. The van der Waals surface area contributed by atoms with Crippen molar-refractivity contribution in [3.63, 3.8) is 0 Å². The van der Waals surface area contributed by atoms with E-state index in [1.165, 1.54) is 13.0 Å². The molecule has 0 aliphatic rings. The van der Waals surface area contributed by atoms with Gasteiger partial charge in [0, 0.05) is 23.9 Å². The SMILES string of the molecule is CCN(CC(=O)Nc1ccc(NC(C)=O)cc1)C(C)c1nc(-c2ccc(F)c(C)c2)no1. The first-order valence-corrected chi connectivity index (χ1v) is 10.3. The van der Waals surface area contributed by atoms with E-state index in [0.717, 1.165) is 0 Å². The molecule has 0 saturated heterocycles. The molecule has 0 aliphatic heterocycles. The Labute approximate surface area is 185 Å². The van der Waals surface area contributed by atoms with E-state index in [9.17, 15) is 14.0 Å². The summed E-state index contributed by atoms with van der Waals surface area (Å²) in [6, 6.07) is 11.2. The second kappa shape index (κ2) is 10.1. The smallest absolute Gasteiger partial charge is 0.244 e. The summed E-state index contributed by atoms with van der Waals surface area (Å²) in [6.45, 7) is 7.64. The number of amides is 2. The minimum Gasteiger partial charge on any atom is -0.337 e. The molecule has 0 bridgehead atoms. The second-order valence-electron chi connectivity index (χ2n) is 7.47. The molecule has 0 aliphatic carbocycles. The number of hydrogen-bond donors (Lipinski definition) is 2. The van der Waals surface area contributed by atoms with Crippen LogP contribution in [-0.2, 0) is 9.59 Å². The van der Waals surface area contributed by atoms with Gasteiger partial charge in [0.25, 0.3) is 0 Å². The third-order valence-electron chi connectivity index (χ3n) is 5.00. The van der Waals surface area contributed by atoms with Crippen molar-refractivity contribution in [2.45, 2.75) is 33.7 Å². The Balaban J connectivity index is 1.63. The van der Waals surface area contributed by atoms with Gasteiger partial charge < -0.3 is 15.2 Å². The lowest BCUT2D eigenvalue weighted by atomic mass is 10.1. The summed E-state index contributed by atoms with van der Waals surface area (Å²) in [7, 11) is 0. The number of rotatable bonds is 8. The number of carbonyl (C=O) groups excluding carboxylic acids is 2. The highest BCUT2D eigenvalue weighted by Crippen LogP contribution is 2.24. The standard InChI is InChI=1S/C23H26FN5O3/c1-5-29(13-21(31)26-19-9-7-18(8-10-19)25-16(4)30)15(3)23-27-22(28-32-23)17-6-11-20(24)14(2)12-17/h6-12,15H,5,13H2,1-4H3,(H,25,30)(H,26,31). The molecule has 2 amide bonds. The fourth-order valence-corrected chi connectivity index (χ4v) is 3.21. The molecule has 168 valence electrons. The Hall–Kier alpha value is -3.59. The van der Waals surface area contributed by atoms with Gasteiger partial charge in [0.1, 0.15) is 5.82 Å². The van der Waals surface area contributed by atoms with E-state index in [4.69, 9.17) is 4.52 Å². The molecule has 9 heteroatoms. The molecule has 1 heterocycles. The molecular formula is C23H26FN5O3. The first-order valence-electron chi connectivity index (χ1n) is 10.3. The van der Waals surface area contributed by atoms with Crippen LogP contribution in [0.1, 0.15) is 38.3 Å². The van der Waals surface area contributed by atoms with E-state index >= 15 is 0 Å². The number of nitrogens with zero attached hydrogens (tertiary/aromatic N) is 3. The van der Waals surface area contributed by atoms with E-state index in [2.05, 4.69) is 20.8 Å². The number of aryl methyl sites for hydroxylation is 1. The molecule has 32 heavy (non-hydrogen) atoms. The highest BCUT2D eigenvalue weighted by Gasteiger charge is 2.23. The predicted molar refractivity (Wildman–Crippen MR) is 119 cm³/mol. The van der Waals surface area contributed by atoms with Gasteiger partial charge in [0.05, 0.1) is 12.6 Å². The van der Waals surface area contributed by atoms with Gasteiger partial charge in [-0.2, -0.15) is 4.98 Å². The van der Waals surface area contributed by atoms with Crippen molar-refractivity contribution in [1.82, 2.24) is 15.0 Å². The zero-order chi connectivity index (χ0) is 23.3. The van der Waals surface area contributed by atoms with Gasteiger partial charge in [-0.05, 0) is 68.4 Å². The number of carbonyl (C=O) groups is 2. The third-order valence-corrected chi connectivity index (χ3v) is 5.00. The van der Waals surface area contributed by atoms with Crippen LogP contribution < -0.4 is 10.6 Å². The second-order valence-corrected chi connectivity index (χ2v) is 7.47. The largest absolute Gasteiger partial charge is 0.337 e. The Bertz CT molecular complexity index is 1100. The number of aromatic nitrogens is 2. The molecule has 3 rings (SSSR count). The van der Waals surface area contributed by atoms with Crippen LogP contribution >= 0.6 is 0 Å². The predicted octanol–water partition coefficient (Wildman–Crippen LogP) is 4.16. The van der Waals surface area contributed by atoms with Gasteiger partial charge in [0.2, 0.25) is 23.5 Å². The molecule has 1 atom stereocenters. The van der Waals surface area contributed by atoms with Gasteiger partial charge in [-0.25, -0.2) is 4.39 Å². The summed E-state index contributed by atoms with van der Waals surface area (Å²) >= 11 is 0. The van der Waals surface area contributed by atoms with E-state index in [1.54, 1.807) is 43.3 Å². The molecular weight excluding hydrogens is 413 g/mol. The normalized spacial score (nSPS) is 11.9. The maximum Gasteiger partial charge on any atom is 0.244 e. The van der Waals surface area contributed by atoms with Gasteiger partial charge in [-0.1, -0.05) is 12.1 Å². The van der Waals surface area contributed by atoms with Crippen LogP contribution in [-0.4, -0.2) is 39.9 Å². The summed E-state index contributed by atoms with van der Waals surface area (Å²) in [5.41, 5.74) is 2.44. The number of halogens is 1. The van der Waals surface area contributed by atoms with Gasteiger partial charge in [0.15, 0.2) is 0 Å². The van der Waals surface area contributed by atoms with Crippen molar-refractivity contribution in [3.8, 4) is 11.4 Å². The van der Waals surface area contributed by atoms with E-state index in [0.29, 0.717) is 40.8 Å². The lowest BCUT2D eigenvalue weighted by Gasteiger charge is -2.24. The molecule has 2 N–H and O–H groups in total. The third kappa shape index (κ3) is 5.76. The average Bonchev–Trinajstić information content (AvgIpc) is 3.25. The molecule has 0 fully saturated rings. The van der Waals surface area contributed by atoms with Gasteiger partial charge in [-0.15, -0.1) is 0 Å². The highest BCUT2D eigenvalue weighted by molar-refractivity contribution is 5.93. The first kappa shape index (κ1) is 23.1. The Kier molecular flexibility index (Phi) is 7.32. The Morgan fingerprint density at radius 3 is 2.38 bits per heavy atom. The molecule has 0 radical (unpaired) electrons. The monoisotopic (exact) mass is 439 g/mol. The van der Waals surface area contributed by atoms with E-state index < -0.39 is 0 Å². The van der Waals surface area contributed by atoms with Crippen molar-refractivity contribution in [3.05, 3.63) is 59.7 Å². The van der Waals surface area contributed by atoms with Crippen LogP contribution in [0.4, 0.5) is 15.8 Å². The van der Waals surface area contributed by atoms with Crippen LogP contribution in [0.3, 0.4) is 0 Å². The van der Waals surface area contributed by atoms with E-state index in [1.807, 2.05) is 18.7 Å². The minimum absolute atomic E-state index is 0.123. The molecule has 3 aromatic rings. The Morgan fingerprint density at radius 2 is 1.78 bits per heavy atom. The van der Waals surface area contributed by atoms with Crippen LogP contribution in [0.5, 0.6) is 0 Å². The number of likely N-dealkylation sites (N-methyl/N-ethyl adjacent to an activating group) is 1. The molecule has 0 saturated carbocycles. The van der Waals surface area contributed by atoms with Crippen LogP contribution in [0, 0.1) is 12.7 Å². The van der Waals surface area contributed by atoms with Gasteiger partial charge in [-0.3, -0.25) is 14.5 Å². The first-order chi connectivity index (χ1) is 15.3. The number of nitrogens with one attached hydrogen (secondary N) is 2. The lowest BCUT2D eigenvalue weighted by molar-refractivity contribution is -0.118. The average molecular weight is 439 g/mol. The van der Waals surface area contributed by atoms with Crippen LogP contribution in [0.25, 0.3) is 11.4 Å². The number of hydrogen-bond acceptors (Lipinski definition) is 6. The fraction of sp³-hybridized carbons (Fsp3) is 0.304. The van der Waals surface area contributed by atoms with Crippen LogP contribution in [0.15, 0.2) is 47.0 Å². The van der Waals surface area contributed by atoms with Crippen molar-refractivity contribution in [2.75, 3.05) is 23.7 Å². The summed E-state index contributed by atoms with van der Waals surface area (Å²) in [4.78, 5) is 30.0. The summed E-state index contributed by atoms with van der Waals surface area (Å²) < 4.78 is 18.9. The van der Waals surface area contributed by atoms with Crippen molar-refractivity contribution in [2.24, 2.45) is 0 Å². The zero-order valence-electron chi connectivity index (χ0n) is 18.5. The summed E-state index contributed by atoms with van der Waals surface area (Å²) in [5, 5.41) is 9.52. The topological polar surface area (TPSA) is 100 Å². The van der Waals surface area contributed by atoms with Crippen molar-refractivity contribution < 1.29 is 18.5 Å². The molecule has 2 aromatic carbocycles. The van der Waals surface area contributed by atoms with Crippen molar-refractivity contribution >= 4 is 23.2 Å². The Morgan fingerprint density at radius 1 is 1.12 bits per heavy atom. The summed E-state index contributed by atoms with van der Waals surface area (Å²) in [5.74, 6) is 0.0951. The lowest BCUT2D eigenvalue weighted by Crippen LogP contribution is -2.35. The molecule has 0 spiro atoms. The number of anilines is 2. The molecule has 1 aromatic heterocycles.